The minimum atomic E-state index is -4.79. The molecule has 2 atom stereocenters. The summed E-state index contributed by atoms with van der Waals surface area (Å²) in [6.07, 6.45) is -8.03. The Labute approximate surface area is 149 Å². The van der Waals surface area contributed by atoms with E-state index in [1.165, 1.54) is 0 Å². The largest absolute Gasteiger partial charge is 0.417 e. The summed E-state index contributed by atoms with van der Waals surface area (Å²) in [4.78, 5) is 23.8. The number of pyridine rings is 1. The average Bonchev–Trinajstić information content (AvgIpc) is 2.50. The van der Waals surface area contributed by atoms with Crippen molar-refractivity contribution in [2.75, 3.05) is 0 Å². The van der Waals surface area contributed by atoms with Gasteiger partial charge in [0.25, 0.3) is 5.56 Å². The van der Waals surface area contributed by atoms with Gasteiger partial charge in [0.1, 0.15) is 11.6 Å². The lowest BCUT2D eigenvalue weighted by Crippen LogP contribution is -2.49. The smallest absolute Gasteiger partial charge is 0.351 e. The molecule has 0 radical (unpaired) electrons. The molecule has 1 aromatic heterocycles. The fraction of sp³-hybridized carbons (Fsp3) is 0.600. The van der Waals surface area contributed by atoms with Gasteiger partial charge in [-0.05, 0) is 18.9 Å². The van der Waals surface area contributed by atoms with Gasteiger partial charge in [0.2, 0.25) is 5.91 Å². The Kier molecular flexibility index (Phi) is 5.94. The zero-order valence-corrected chi connectivity index (χ0v) is 14.0. The van der Waals surface area contributed by atoms with Crippen LogP contribution >= 0.6 is 11.6 Å². The van der Waals surface area contributed by atoms with E-state index < -0.39 is 52.9 Å². The third-order valence-electron chi connectivity index (χ3n) is 4.22. The fourth-order valence-electron chi connectivity index (χ4n) is 2.97. The van der Waals surface area contributed by atoms with Crippen molar-refractivity contribution >= 4 is 17.5 Å². The van der Waals surface area contributed by atoms with Crippen LogP contribution in [0.25, 0.3) is 0 Å². The quantitative estimate of drug-likeness (QED) is 0.780. The van der Waals surface area contributed by atoms with Crippen molar-refractivity contribution in [3.63, 3.8) is 0 Å². The zero-order valence-electron chi connectivity index (χ0n) is 13.3. The average molecular weight is 405 g/mol. The number of carbonyl (C=O) groups excluding carboxylic acids is 1. The minimum absolute atomic E-state index is 0.105. The Morgan fingerprint density at radius 1 is 1.19 bits per heavy atom. The summed E-state index contributed by atoms with van der Waals surface area (Å²) in [6, 6.07) is -0.743. The highest BCUT2D eigenvalue weighted by molar-refractivity contribution is 6.30. The lowest BCUT2D eigenvalue weighted by molar-refractivity contribution is -0.189. The van der Waals surface area contributed by atoms with Gasteiger partial charge < -0.3 is 9.88 Å². The number of carbonyl (C=O) groups is 1. The monoisotopic (exact) mass is 404 g/mol. The molecule has 11 heteroatoms. The molecule has 26 heavy (non-hydrogen) atoms. The molecule has 146 valence electrons. The molecule has 1 aliphatic carbocycles. The molecule has 4 nitrogen and oxygen atoms in total. The molecule has 1 amide bonds. The van der Waals surface area contributed by atoms with Crippen LogP contribution in [0.3, 0.4) is 0 Å². The number of halogens is 7. The summed E-state index contributed by atoms with van der Waals surface area (Å²) in [6.45, 7) is -0.858. The first-order valence-corrected chi connectivity index (χ1v) is 8.10. The fourth-order valence-corrected chi connectivity index (χ4v) is 3.20. The predicted octanol–water partition coefficient (Wildman–Crippen LogP) is 3.76. The van der Waals surface area contributed by atoms with Crippen LogP contribution in [0.4, 0.5) is 26.3 Å². The van der Waals surface area contributed by atoms with Crippen molar-refractivity contribution in [1.82, 2.24) is 9.88 Å². The first-order chi connectivity index (χ1) is 11.9. The molecule has 0 aromatic carbocycles. The minimum Gasteiger partial charge on any atom is -0.351 e. The number of amides is 1. The SMILES string of the molecule is O=C(Cn1cc(C(F)(F)F)cc(Cl)c1=O)NC1CCCCC1C(F)(F)F. The highest BCUT2D eigenvalue weighted by Gasteiger charge is 2.46. The second kappa shape index (κ2) is 7.50. The summed E-state index contributed by atoms with van der Waals surface area (Å²) < 4.78 is 77.8. The van der Waals surface area contributed by atoms with Gasteiger partial charge in [0.15, 0.2) is 0 Å². The van der Waals surface area contributed by atoms with Gasteiger partial charge in [0, 0.05) is 12.2 Å². The number of alkyl halides is 6. The van der Waals surface area contributed by atoms with Gasteiger partial charge in [-0.2, -0.15) is 26.3 Å². The molecule has 0 spiro atoms. The molecular formula is C15H15ClF6N2O2. The van der Waals surface area contributed by atoms with E-state index in [9.17, 15) is 35.9 Å². The standard InChI is InChI=1S/C15H15ClF6N2O2/c16-10-5-8(14(17,18)19)6-24(13(10)26)7-12(25)23-11-4-2-1-3-9(11)15(20,21)22/h5-6,9,11H,1-4,7H2,(H,23,25). The first-order valence-electron chi connectivity index (χ1n) is 7.73. The van der Waals surface area contributed by atoms with Crippen LogP contribution in [0.2, 0.25) is 5.02 Å². The maximum atomic E-state index is 13.0. The van der Waals surface area contributed by atoms with Crippen LogP contribution in [0.15, 0.2) is 17.1 Å². The van der Waals surface area contributed by atoms with Crippen LogP contribution in [0, 0.1) is 5.92 Å². The number of hydrogen-bond acceptors (Lipinski definition) is 2. The molecule has 1 aromatic rings. The summed E-state index contributed by atoms with van der Waals surface area (Å²) >= 11 is 5.47. The molecule has 2 unspecified atom stereocenters. The third kappa shape index (κ3) is 4.93. The topological polar surface area (TPSA) is 51.1 Å². The maximum absolute atomic E-state index is 13.0. The Morgan fingerprint density at radius 2 is 1.81 bits per heavy atom. The van der Waals surface area contributed by atoms with E-state index in [1.54, 1.807) is 0 Å². The molecule has 1 aliphatic rings. The number of nitrogens with zero attached hydrogens (tertiary/aromatic N) is 1. The molecule has 1 heterocycles. The van der Waals surface area contributed by atoms with Gasteiger partial charge in [-0.3, -0.25) is 9.59 Å². The van der Waals surface area contributed by atoms with Crippen LogP contribution in [-0.2, 0) is 17.5 Å². The van der Waals surface area contributed by atoms with Gasteiger partial charge in [-0.25, -0.2) is 0 Å². The molecule has 1 fully saturated rings. The van der Waals surface area contributed by atoms with E-state index in [2.05, 4.69) is 5.32 Å². The predicted molar refractivity (Wildman–Crippen MR) is 80.7 cm³/mol. The number of nitrogens with one attached hydrogen (secondary N) is 1. The molecule has 0 saturated heterocycles. The third-order valence-corrected chi connectivity index (χ3v) is 4.49. The van der Waals surface area contributed by atoms with Crippen LogP contribution in [0.5, 0.6) is 0 Å². The Morgan fingerprint density at radius 3 is 2.38 bits per heavy atom. The lowest BCUT2D eigenvalue weighted by atomic mass is 9.84. The summed E-state index contributed by atoms with van der Waals surface area (Å²) in [5.74, 6) is -2.70. The molecule has 1 saturated carbocycles. The van der Waals surface area contributed by atoms with Crippen LogP contribution < -0.4 is 10.9 Å². The van der Waals surface area contributed by atoms with E-state index >= 15 is 0 Å². The number of aromatic nitrogens is 1. The normalized spacial score (nSPS) is 21.5. The van der Waals surface area contributed by atoms with Crippen molar-refractivity contribution in [2.24, 2.45) is 5.92 Å². The van der Waals surface area contributed by atoms with Crippen LogP contribution in [-0.4, -0.2) is 22.7 Å². The molecule has 1 N–H and O–H groups in total. The summed E-state index contributed by atoms with van der Waals surface area (Å²) in [5.41, 5.74) is -2.27. The van der Waals surface area contributed by atoms with Gasteiger partial charge in [-0.1, -0.05) is 24.4 Å². The zero-order chi connectivity index (χ0) is 19.7. The molecule has 0 aliphatic heterocycles. The highest BCUT2D eigenvalue weighted by Crippen LogP contribution is 2.37. The number of hydrogen-bond donors (Lipinski definition) is 1. The second-order valence-corrected chi connectivity index (χ2v) is 6.52. The van der Waals surface area contributed by atoms with E-state index in [0.717, 1.165) is 0 Å². The second-order valence-electron chi connectivity index (χ2n) is 6.11. The van der Waals surface area contributed by atoms with E-state index in [1.807, 2.05) is 0 Å². The van der Waals surface area contributed by atoms with Gasteiger partial charge in [-0.15, -0.1) is 0 Å². The highest BCUT2D eigenvalue weighted by atomic mass is 35.5. The van der Waals surface area contributed by atoms with Gasteiger partial charge in [0.05, 0.1) is 11.5 Å². The lowest BCUT2D eigenvalue weighted by Gasteiger charge is -2.33. The van der Waals surface area contributed by atoms with Crippen molar-refractivity contribution in [3.8, 4) is 0 Å². The first kappa shape index (κ1) is 20.6. The van der Waals surface area contributed by atoms with E-state index in [4.69, 9.17) is 11.6 Å². The van der Waals surface area contributed by atoms with E-state index in [0.29, 0.717) is 29.7 Å². The Bertz CT molecular complexity index is 728. The Hall–Kier alpha value is -1.71. The maximum Gasteiger partial charge on any atom is 0.417 e. The van der Waals surface area contributed by atoms with Crippen molar-refractivity contribution in [3.05, 3.63) is 33.2 Å². The summed E-state index contributed by atoms with van der Waals surface area (Å²) in [7, 11) is 0. The Balaban J connectivity index is 2.17. The molecule has 2 rings (SSSR count). The van der Waals surface area contributed by atoms with Crippen molar-refractivity contribution < 1.29 is 31.1 Å². The van der Waals surface area contributed by atoms with Crippen LogP contribution in [0.1, 0.15) is 31.2 Å². The number of rotatable bonds is 3. The van der Waals surface area contributed by atoms with Crippen molar-refractivity contribution in [1.29, 1.82) is 0 Å². The summed E-state index contributed by atoms with van der Waals surface area (Å²) in [5, 5.41) is 1.45. The van der Waals surface area contributed by atoms with Crippen molar-refractivity contribution in [2.45, 2.75) is 50.6 Å². The molecule has 0 bridgehead atoms. The van der Waals surface area contributed by atoms with Gasteiger partial charge >= 0.3 is 12.4 Å². The molecular weight excluding hydrogens is 390 g/mol. The van der Waals surface area contributed by atoms with E-state index in [-0.39, 0.29) is 12.8 Å².